The first-order chi connectivity index (χ1) is 18.3. The number of hydrogen-bond acceptors (Lipinski definition) is 7. The van der Waals surface area contributed by atoms with Crippen molar-refractivity contribution in [1.29, 1.82) is 0 Å². The van der Waals surface area contributed by atoms with Crippen LogP contribution in [0.1, 0.15) is 84.8 Å². The summed E-state index contributed by atoms with van der Waals surface area (Å²) in [4.78, 5) is 33.9. The van der Waals surface area contributed by atoms with Crippen molar-refractivity contribution in [2.75, 3.05) is 26.2 Å². The Morgan fingerprint density at radius 1 is 1.12 bits per heavy atom. The Hall–Kier alpha value is -2.11. The van der Waals surface area contributed by atoms with E-state index in [1.165, 1.54) is 27.7 Å². The lowest BCUT2D eigenvalue weighted by Crippen LogP contribution is -2.35. The molecule has 3 rings (SSSR count). The molecule has 0 aliphatic carbocycles. The fourth-order valence-electron chi connectivity index (χ4n) is 5.23. The highest BCUT2D eigenvalue weighted by molar-refractivity contribution is 7.80. The molecular formula is C30H50N4O5S. The molecule has 0 radical (unpaired) electrons. The van der Waals surface area contributed by atoms with Gasteiger partial charge in [0.25, 0.3) is 0 Å². The number of H-pyrrole nitrogens is 1. The second-order valence-electron chi connectivity index (χ2n) is 13.2. The van der Waals surface area contributed by atoms with Crippen molar-refractivity contribution in [2.45, 2.75) is 96.4 Å². The maximum absolute atomic E-state index is 12.0. The van der Waals surface area contributed by atoms with Gasteiger partial charge in [-0.25, -0.2) is 5.90 Å². The predicted octanol–water partition coefficient (Wildman–Crippen LogP) is 4.22. The Morgan fingerprint density at radius 3 is 2.40 bits per heavy atom. The zero-order valence-electron chi connectivity index (χ0n) is 25.1. The van der Waals surface area contributed by atoms with Gasteiger partial charge in [0.15, 0.2) is 5.78 Å². The molecule has 0 saturated carbocycles. The Balaban J connectivity index is 0.00000560. The van der Waals surface area contributed by atoms with Gasteiger partial charge in [-0.05, 0) is 83.0 Å². The molecule has 2 heterocycles. The summed E-state index contributed by atoms with van der Waals surface area (Å²) in [6.07, 6.45) is 4.36. The van der Waals surface area contributed by atoms with Gasteiger partial charge in [-0.2, -0.15) is 0 Å². The van der Waals surface area contributed by atoms with Gasteiger partial charge < -0.3 is 20.9 Å². The van der Waals surface area contributed by atoms with Crippen molar-refractivity contribution >= 4 is 34.4 Å². The van der Waals surface area contributed by atoms with E-state index in [1.807, 2.05) is 6.07 Å². The molecule has 1 fully saturated rings. The van der Waals surface area contributed by atoms with Crippen LogP contribution in [0.4, 0.5) is 0 Å². The number of benzene rings is 1. The standard InChI is InChI=1S/C30H48N4O4S.H2O/c1-29(2,3)17-23-22-8-9-25(36)24(27(22)33-28(23)39-30(4,5)6)18-34-15-12-20(13-16-34)11-14-32-26(37)10-7-21(35)19-38-31;/h8-9,20,33,36H,7,10-19,31H2,1-6H3,(H,32,37);1H2. The molecule has 9 nitrogen and oxygen atoms in total. The average molecular weight is 579 g/mol. The zero-order chi connectivity index (χ0) is 28.8. The SMILES string of the molecule is CC(C)(C)Cc1c([SH+]C(C)(C)C)[nH]c2c(CN3CCC(CCNC(=O)CCC(=O)CON)CC3)c(O)ccc12.[OH-]. The number of phenolic OH excluding ortho intramolecular Hbond substituents is 1. The molecule has 1 aliphatic heterocycles. The van der Waals surface area contributed by atoms with E-state index >= 15 is 0 Å². The summed E-state index contributed by atoms with van der Waals surface area (Å²) in [7, 11) is 0. The summed E-state index contributed by atoms with van der Waals surface area (Å²) >= 11 is 1.26. The molecule has 0 spiro atoms. The third kappa shape index (κ3) is 10.4. The summed E-state index contributed by atoms with van der Waals surface area (Å²) in [5.41, 5.74) is 3.59. The van der Waals surface area contributed by atoms with E-state index in [9.17, 15) is 14.7 Å². The summed E-state index contributed by atoms with van der Waals surface area (Å²) < 4.78 is 0.133. The third-order valence-corrected chi connectivity index (χ3v) is 8.41. The summed E-state index contributed by atoms with van der Waals surface area (Å²) in [6, 6.07) is 3.94. The molecule has 1 saturated heterocycles. The molecule has 226 valence electrons. The minimum Gasteiger partial charge on any atom is -0.870 e. The molecule has 0 atom stereocenters. The first-order valence-electron chi connectivity index (χ1n) is 14.2. The van der Waals surface area contributed by atoms with Crippen molar-refractivity contribution in [3.63, 3.8) is 0 Å². The number of nitrogens with zero attached hydrogens (tertiary/aromatic N) is 1. The van der Waals surface area contributed by atoms with Crippen LogP contribution in [0.3, 0.4) is 0 Å². The van der Waals surface area contributed by atoms with Gasteiger partial charge in [-0.3, -0.25) is 19.3 Å². The number of likely N-dealkylation sites (tertiary alicyclic amines) is 1. The number of nitrogens with one attached hydrogen (secondary N) is 2. The van der Waals surface area contributed by atoms with Crippen LogP contribution in [-0.4, -0.2) is 63.1 Å². The van der Waals surface area contributed by atoms with Crippen molar-refractivity contribution in [1.82, 2.24) is 15.2 Å². The quantitative estimate of drug-likeness (QED) is 0.167. The number of aromatic amines is 1. The zero-order valence-corrected chi connectivity index (χ0v) is 26.0. The number of carbonyl (C=O) groups excluding carboxylic acids is 2. The van der Waals surface area contributed by atoms with Gasteiger partial charge in [0.1, 0.15) is 17.1 Å². The second kappa shape index (κ2) is 14.7. The smallest absolute Gasteiger partial charge is 0.227 e. The monoisotopic (exact) mass is 578 g/mol. The highest BCUT2D eigenvalue weighted by Gasteiger charge is 2.30. The van der Waals surface area contributed by atoms with Crippen LogP contribution < -0.4 is 11.2 Å². The van der Waals surface area contributed by atoms with E-state index in [2.05, 4.69) is 67.6 Å². The minimum atomic E-state index is -0.170. The predicted molar refractivity (Wildman–Crippen MR) is 162 cm³/mol. The molecule has 40 heavy (non-hydrogen) atoms. The number of nitrogens with two attached hydrogens (primary N) is 1. The summed E-state index contributed by atoms with van der Waals surface area (Å²) in [5, 5.41) is 16.3. The number of ketones is 1. The Kier molecular flexibility index (Phi) is 12.5. The molecule has 0 unspecified atom stereocenters. The van der Waals surface area contributed by atoms with Gasteiger partial charge in [-0.1, -0.05) is 20.8 Å². The van der Waals surface area contributed by atoms with Crippen LogP contribution in [0, 0.1) is 11.3 Å². The third-order valence-electron chi connectivity index (χ3n) is 7.14. The van der Waals surface area contributed by atoms with E-state index in [1.54, 1.807) is 0 Å². The molecule has 1 amide bonds. The maximum atomic E-state index is 12.0. The first-order valence-corrected chi connectivity index (χ1v) is 15.1. The van der Waals surface area contributed by atoms with Crippen LogP contribution in [0.2, 0.25) is 0 Å². The van der Waals surface area contributed by atoms with Gasteiger partial charge in [-0.15, -0.1) is 0 Å². The summed E-state index contributed by atoms with van der Waals surface area (Å²) in [5.74, 6) is 5.52. The normalized spacial score (nSPS) is 15.3. The first kappa shape index (κ1) is 34.1. The number of piperidine rings is 1. The molecule has 10 heteroatoms. The number of hydrogen-bond donors (Lipinski definition) is 4. The number of thiol groups is 1. The van der Waals surface area contributed by atoms with Crippen LogP contribution in [0.25, 0.3) is 10.9 Å². The molecule has 2 aromatic rings. The van der Waals surface area contributed by atoms with Gasteiger partial charge in [0.2, 0.25) is 10.9 Å². The highest BCUT2D eigenvalue weighted by atomic mass is 32.2. The number of carbonyl (C=O) groups is 2. The number of amides is 1. The Labute approximate surface area is 243 Å². The number of rotatable bonds is 12. The van der Waals surface area contributed by atoms with Crippen molar-refractivity contribution in [2.24, 2.45) is 17.2 Å². The number of aromatic nitrogens is 1. The van der Waals surface area contributed by atoms with Gasteiger partial charge in [0, 0.05) is 54.2 Å². The Morgan fingerprint density at radius 2 is 1.80 bits per heavy atom. The van der Waals surface area contributed by atoms with E-state index < -0.39 is 0 Å². The minimum absolute atomic E-state index is 0. The molecule has 1 aliphatic rings. The average Bonchev–Trinajstić information content (AvgIpc) is 3.15. The lowest BCUT2D eigenvalue weighted by atomic mass is 9.88. The topological polar surface area (TPSA) is 151 Å². The molecule has 6 N–H and O–H groups in total. The van der Waals surface area contributed by atoms with Crippen molar-refractivity contribution < 1.29 is 25.0 Å². The lowest BCUT2D eigenvalue weighted by Gasteiger charge is -2.32. The summed E-state index contributed by atoms with van der Waals surface area (Å²) in [6.45, 7) is 16.7. The van der Waals surface area contributed by atoms with E-state index in [4.69, 9.17) is 5.90 Å². The number of Topliss-reactive ketones (excluding diaryl/α,β-unsaturated/α-hetero) is 1. The fraction of sp³-hybridized carbons (Fsp3) is 0.667. The van der Waals surface area contributed by atoms with Crippen LogP contribution in [0.5, 0.6) is 5.75 Å². The number of fused-ring (bicyclic) bond motifs is 1. The largest absolute Gasteiger partial charge is 0.870 e. The maximum Gasteiger partial charge on any atom is 0.227 e. The van der Waals surface area contributed by atoms with Crippen LogP contribution in [0.15, 0.2) is 17.2 Å². The number of aromatic hydroxyl groups is 1. The van der Waals surface area contributed by atoms with Crippen LogP contribution in [-0.2, 0) is 39.2 Å². The molecule has 1 aromatic carbocycles. The Bertz CT molecular complexity index is 1130. The fourth-order valence-corrected chi connectivity index (χ4v) is 6.40. The molecular weight excluding hydrogens is 528 g/mol. The van der Waals surface area contributed by atoms with Gasteiger partial charge >= 0.3 is 0 Å². The highest BCUT2D eigenvalue weighted by Crippen LogP contribution is 2.37. The lowest BCUT2D eigenvalue weighted by molar-refractivity contribution is -0.127. The van der Waals surface area contributed by atoms with Crippen LogP contribution >= 0.6 is 0 Å². The second-order valence-corrected chi connectivity index (χ2v) is 15.2. The van der Waals surface area contributed by atoms with Crippen molar-refractivity contribution in [3.8, 4) is 5.75 Å². The molecule has 1 aromatic heterocycles. The van der Waals surface area contributed by atoms with Crippen molar-refractivity contribution in [3.05, 3.63) is 23.3 Å². The number of phenols is 1. The van der Waals surface area contributed by atoms with E-state index in [-0.39, 0.29) is 46.8 Å². The van der Waals surface area contributed by atoms with E-state index in [0.29, 0.717) is 24.8 Å². The van der Waals surface area contributed by atoms with Gasteiger partial charge in [0.05, 0.1) is 5.52 Å². The van der Waals surface area contributed by atoms with E-state index in [0.717, 1.165) is 49.9 Å². The molecule has 0 bridgehead atoms.